The van der Waals surface area contributed by atoms with Crippen LogP contribution in [-0.2, 0) is 0 Å². The lowest BCUT2D eigenvalue weighted by Crippen LogP contribution is -2.40. The minimum Gasteiger partial charge on any atom is -0.396 e. The molecule has 6 heteroatoms. The predicted octanol–water partition coefficient (Wildman–Crippen LogP) is 1.41. The van der Waals surface area contributed by atoms with Crippen molar-refractivity contribution in [3.8, 4) is 0 Å². The lowest BCUT2D eigenvalue weighted by Gasteiger charge is -2.32. The van der Waals surface area contributed by atoms with Crippen LogP contribution in [0.15, 0.2) is 6.07 Å². The fourth-order valence-corrected chi connectivity index (χ4v) is 4.01. The lowest BCUT2D eigenvalue weighted by atomic mass is 9.95. The minimum absolute atomic E-state index is 0.136. The monoisotopic (exact) mass is 348 g/mol. The molecule has 140 valence electrons. The van der Waals surface area contributed by atoms with Gasteiger partial charge in [-0.25, -0.2) is 9.97 Å². The smallest absolute Gasteiger partial charge is 0.132 e. The van der Waals surface area contributed by atoms with Gasteiger partial charge >= 0.3 is 0 Å². The molecule has 2 saturated heterocycles. The minimum atomic E-state index is -0.136. The van der Waals surface area contributed by atoms with E-state index in [-0.39, 0.29) is 18.6 Å². The van der Waals surface area contributed by atoms with E-state index in [4.69, 9.17) is 0 Å². The number of piperidine rings is 1. The lowest BCUT2D eigenvalue weighted by molar-refractivity contribution is 0.0687. The Morgan fingerprint density at radius 1 is 1.16 bits per heavy atom. The van der Waals surface area contributed by atoms with Gasteiger partial charge in [0.05, 0.1) is 6.10 Å². The highest BCUT2D eigenvalue weighted by molar-refractivity contribution is 5.42. The van der Waals surface area contributed by atoms with Crippen LogP contribution in [0.1, 0.15) is 44.1 Å². The van der Waals surface area contributed by atoms with Crippen molar-refractivity contribution < 1.29 is 10.2 Å². The number of rotatable bonds is 5. The Morgan fingerprint density at radius 3 is 2.48 bits per heavy atom. The number of hydrogen-bond donors (Lipinski definition) is 2. The van der Waals surface area contributed by atoms with Gasteiger partial charge in [-0.1, -0.05) is 13.8 Å². The van der Waals surface area contributed by atoms with Gasteiger partial charge in [-0.2, -0.15) is 0 Å². The van der Waals surface area contributed by atoms with Crippen LogP contribution in [0.2, 0.25) is 0 Å². The highest BCUT2D eigenvalue weighted by Crippen LogP contribution is 2.29. The number of aryl methyl sites for hydroxylation is 1. The Balaban J connectivity index is 1.68. The van der Waals surface area contributed by atoms with Crippen molar-refractivity contribution >= 4 is 5.82 Å². The van der Waals surface area contributed by atoms with Crippen molar-refractivity contribution in [2.45, 2.75) is 45.6 Å². The highest BCUT2D eigenvalue weighted by Gasteiger charge is 2.35. The zero-order chi connectivity index (χ0) is 18.0. The van der Waals surface area contributed by atoms with Crippen LogP contribution < -0.4 is 4.90 Å². The maximum Gasteiger partial charge on any atom is 0.132 e. The van der Waals surface area contributed by atoms with E-state index in [1.54, 1.807) is 0 Å². The van der Waals surface area contributed by atoms with Crippen molar-refractivity contribution in [1.29, 1.82) is 0 Å². The summed E-state index contributed by atoms with van der Waals surface area (Å²) in [4.78, 5) is 13.9. The van der Waals surface area contributed by atoms with Crippen LogP contribution in [0, 0.1) is 18.8 Å². The topological polar surface area (TPSA) is 72.7 Å². The molecule has 0 radical (unpaired) electrons. The number of hydrogen-bond acceptors (Lipinski definition) is 6. The summed E-state index contributed by atoms with van der Waals surface area (Å²) < 4.78 is 0. The van der Waals surface area contributed by atoms with E-state index in [9.17, 15) is 10.2 Å². The maximum atomic E-state index is 9.85. The molecule has 0 unspecified atom stereocenters. The summed E-state index contributed by atoms with van der Waals surface area (Å²) in [7, 11) is 0. The predicted molar refractivity (Wildman–Crippen MR) is 98.8 cm³/mol. The summed E-state index contributed by atoms with van der Waals surface area (Å²) in [5.74, 6) is 2.91. The summed E-state index contributed by atoms with van der Waals surface area (Å²) >= 11 is 0. The molecule has 0 spiro atoms. The van der Waals surface area contributed by atoms with Crippen molar-refractivity contribution in [2.75, 3.05) is 44.2 Å². The van der Waals surface area contributed by atoms with Crippen LogP contribution in [0.3, 0.4) is 0 Å². The van der Waals surface area contributed by atoms with E-state index in [1.807, 2.05) is 6.92 Å². The zero-order valence-corrected chi connectivity index (χ0v) is 15.7. The number of anilines is 1. The highest BCUT2D eigenvalue weighted by atomic mass is 16.3. The van der Waals surface area contributed by atoms with Gasteiger partial charge in [0.1, 0.15) is 11.6 Å². The first kappa shape index (κ1) is 18.5. The first-order chi connectivity index (χ1) is 12.0. The molecule has 2 aliphatic heterocycles. The molecular formula is C19H32N4O2. The van der Waals surface area contributed by atoms with Crippen molar-refractivity contribution in [3.05, 3.63) is 17.6 Å². The first-order valence-electron chi connectivity index (χ1n) is 9.58. The number of aliphatic hydroxyl groups is 2. The molecule has 0 amide bonds. The number of likely N-dealkylation sites (tertiary alicyclic amines) is 1. The van der Waals surface area contributed by atoms with Gasteiger partial charge in [0, 0.05) is 57.0 Å². The molecule has 3 rings (SSSR count). The Labute approximate surface area is 150 Å². The molecule has 0 aromatic carbocycles. The number of aliphatic hydroxyl groups excluding tert-OH is 2. The normalized spacial score (nSPS) is 25.9. The third-order valence-electron chi connectivity index (χ3n) is 5.62. The van der Waals surface area contributed by atoms with Crippen molar-refractivity contribution in [3.63, 3.8) is 0 Å². The molecule has 0 saturated carbocycles. The third-order valence-corrected chi connectivity index (χ3v) is 5.62. The SMILES string of the molecule is Cc1nc(C(C)C)cc(N2C[C@@H](CN3CCC(O)CC3)[C@@H](CO)C2)n1. The van der Waals surface area contributed by atoms with Crippen LogP contribution in [0.4, 0.5) is 5.82 Å². The average molecular weight is 348 g/mol. The second kappa shape index (κ2) is 7.98. The van der Waals surface area contributed by atoms with E-state index >= 15 is 0 Å². The van der Waals surface area contributed by atoms with E-state index in [0.717, 1.165) is 62.9 Å². The number of nitrogens with zero attached hydrogens (tertiary/aromatic N) is 4. The van der Waals surface area contributed by atoms with Gasteiger partial charge in [0.25, 0.3) is 0 Å². The molecule has 2 aliphatic rings. The van der Waals surface area contributed by atoms with Gasteiger partial charge in [0.2, 0.25) is 0 Å². The van der Waals surface area contributed by atoms with Gasteiger partial charge in [-0.3, -0.25) is 0 Å². The molecule has 2 fully saturated rings. The molecule has 1 aromatic rings. The third kappa shape index (κ3) is 4.49. The van der Waals surface area contributed by atoms with Crippen LogP contribution in [0.5, 0.6) is 0 Å². The average Bonchev–Trinajstić information content (AvgIpc) is 2.99. The summed E-state index contributed by atoms with van der Waals surface area (Å²) in [5, 5.41) is 19.5. The largest absolute Gasteiger partial charge is 0.396 e. The molecule has 0 aliphatic carbocycles. The van der Waals surface area contributed by atoms with Gasteiger partial charge in [0.15, 0.2) is 0 Å². The fraction of sp³-hybridized carbons (Fsp3) is 0.789. The Hall–Kier alpha value is -1.24. The molecule has 6 nitrogen and oxygen atoms in total. The van der Waals surface area contributed by atoms with E-state index in [2.05, 4.69) is 39.7 Å². The Kier molecular flexibility index (Phi) is 5.92. The van der Waals surface area contributed by atoms with Crippen LogP contribution in [0.25, 0.3) is 0 Å². The summed E-state index contributed by atoms with van der Waals surface area (Å²) in [6.07, 6.45) is 1.59. The molecule has 1 aromatic heterocycles. The standard InChI is InChI=1S/C19H32N4O2/c1-13(2)18-8-19(21-14(3)20-18)23-10-15(16(11-23)12-24)9-22-6-4-17(25)5-7-22/h8,13,15-17,24-25H,4-7,9-12H2,1-3H3/t15-,16-/m1/s1. The molecule has 25 heavy (non-hydrogen) atoms. The molecule has 0 bridgehead atoms. The van der Waals surface area contributed by atoms with Crippen LogP contribution >= 0.6 is 0 Å². The van der Waals surface area contributed by atoms with E-state index < -0.39 is 0 Å². The molecule has 3 heterocycles. The second-order valence-corrected chi connectivity index (χ2v) is 7.99. The zero-order valence-electron chi connectivity index (χ0n) is 15.7. The van der Waals surface area contributed by atoms with E-state index in [1.165, 1.54) is 0 Å². The van der Waals surface area contributed by atoms with Crippen molar-refractivity contribution in [1.82, 2.24) is 14.9 Å². The quantitative estimate of drug-likeness (QED) is 0.838. The Bertz CT molecular complexity index is 573. The van der Waals surface area contributed by atoms with Gasteiger partial charge < -0.3 is 20.0 Å². The van der Waals surface area contributed by atoms with Gasteiger partial charge in [-0.05, 0) is 31.6 Å². The van der Waals surface area contributed by atoms with Crippen LogP contribution in [-0.4, -0.2) is 70.5 Å². The second-order valence-electron chi connectivity index (χ2n) is 7.99. The summed E-state index contributed by atoms with van der Waals surface area (Å²) in [5.41, 5.74) is 1.08. The van der Waals surface area contributed by atoms with Crippen molar-refractivity contribution in [2.24, 2.45) is 11.8 Å². The molecular weight excluding hydrogens is 316 g/mol. The van der Waals surface area contributed by atoms with Gasteiger partial charge in [-0.15, -0.1) is 0 Å². The number of aromatic nitrogens is 2. The summed E-state index contributed by atoms with van der Waals surface area (Å²) in [6, 6.07) is 2.10. The summed E-state index contributed by atoms with van der Waals surface area (Å²) in [6.45, 7) is 11.2. The molecule has 2 atom stereocenters. The first-order valence-corrected chi connectivity index (χ1v) is 9.58. The molecule has 2 N–H and O–H groups in total. The fourth-order valence-electron chi connectivity index (χ4n) is 4.01. The van der Waals surface area contributed by atoms with E-state index in [0.29, 0.717) is 11.8 Å². The maximum absolute atomic E-state index is 9.85. The Morgan fingerprint density at radius 2 is 1.84 bits per heavy atom.